The molecule has 0 aliphatic carbocycles. The zero-order valence-electron chi connectivity index (χ0n) is 10.6. The third-order valence-corrected chi connectivity index (χ3v) is 2.47. The van der Waals surface area contributed by atoms with Crippen molar-refractivity contribution in [2.45, 2.75) is 26.2 Å². The molecule has 0 spiro atoms. The van der Waals surface area contributed by atoms with Crippen LogP contribution in [0.3, 0.4) is 0 Å². The van der Waals surface area contributed by atoms with Gasteiger partial charge in [-0.2, -0.15) is 0 Å². The predicted octanol–water partition coefficient (Wildman–Crippen LogP) is 1.32. The minimum absolute atomic E-state index is 0.122. The lowest BCUT2D eigenvalue weighted by molar-refractivity contribution is -0.154. The number of nitrogens with zero attached hydrogens (tertiary/aromatic N) is 1. The minimum atomic E-state index is -0.360. The van der Waals surface area contributed by atoms with Gasteiger partial charge in [-0.1, -0.05) is 0 Å². The Labute approximate surface area is 102 Å². The number of hydrogen-bond donors (Lipinski definition) is 2. The summed E-state index contributed by atoms with van der Waals surface area (Å²) < 4.78 is 11.2. The van der Waals surface area contributed by atoms with E-state index in [0.717, 1.165) is 5.56 Å². The van der Waals surface area contributed by atoms with E-state index in [2.05, 4.69) is 10.3 Å². The second-order valence-corrected chi connectivity index (χ2v) is 3.55. The number of rotatable bonds is 7. The third-order valence-electron chi connectivity index (χ3n) is 2.47. The molecule has 17 heavy (non-hydrogen) atoms. The molecule has 0 bridgehead atoms. The van der Waals surface area contributed by atoms with E-state index in [-0.39, 0.29) is 12.3 Å². The molecule has 1 unspecified atom stereocenters. The number of hydrogen-bond acceptors (Lipinski definition) is 5. The average molecular weight is 239 g/mol. The van der Waals surface area contributed by atoms with Crippen molar-refractivity contribution in [3.8, 4) is 0 Å². The second-order valence-electron chi connectivity index (χ2n) is 3.55. The molecular formula is C12H21N3O2. The van der Waals surface area contributed by atoms with Gasteiger partial charge < -0.3 is 20.5 Å². The fraction of sp³-hybridized carbons (Fsp3) is 0.583. The second kappa shape index (κ2) is 7.21. The van der Waals surface area contributed by atoms with E-state index in [0.29, 0.717) is 18.9 Å². The number of ether oxygens (including phenoxy) is 2. The van der Waals surface area contributed by atoms with Gasteiger partial charge in [0, 0.05) is 36.9 Å². The lowest BCUT2D eigenvalue weighted by Gasteiger charge is -2.27. The Kier molecular flexibility index (Phi) is 5.90. The molecule has 1 aromatic rings. The highest BCUT2D eigenvalue weighted by Crippen LogP contribution is 2.24. The molecule has 5 nitrogen and oxygen atoms in total. The molecule has 0 aliphatic rings. The number of nitrogen functional groups attached to an aromatic ring is 1. The molecule has 3 N–H and O–H groups in total. The van der Waals surface area contributed by atoms with Crippen LogP contribution in [0.15, 0.2) is 18.5 Å². The summed E-state index contributed by atoms with van der Waals surface area (Å²) in [5, 5.41) is 3.16. The van der Waals surface area contributed by atoms with Crippen LogP contribution in [-0.2, 0) is 9.47 Å². The molecule has 1 atom stereocenters. The van der Waals surface area contributed by atoms with Crippen molar-refractivity contribution in [1.82, 2.24) is 10.3 Å². The monoisotopic (exact) mass is 239 g/mol. The van der Waals surface area contributed by atoms with Crippen molar-refractivity contribution in [3.05, 3.63) is 24.0 Å². The van der Waals surface area contributed by atoms with Gasteiger partial charge in [0.15, 0.2) is 6.29 Å². The first kappa shape index (κ1) is 13.9. The Balaban J connectivity index is 2.91. The zero-order chi connectivity index (χ0) is 12.7. The first-order valence-electron chi connectivity index (χ1n) is 5.84. The van der Waals surface area contributed by atoms with Crippen molar-refractivity contribution in [2.24, 2.45) is 0 Å². The summed E-state index contributed by atoms with van der Waals surface area (Å²) in [6.07, 6.45) is 3.05. The summed E-state index contributed by atoms with van der Waals surface area (Å²) in [5.41, 5.74) is 7.51. The van der Waals surface area contributed by atoms with Gasteiger partial charge in [-0.3, -0.25) is 4.98 Å². The molecule has 96 valence electrons. The van der Waals surface area contributed by atoms with Crippen molar-refractivity contribution in [2.75, 3.05) is 26.0 Å². The number of pyridine rings is 1. The summed E-state index contributed by atoms with van der Waals surface area (Å²) >= 11 is 0. The molecule has 0 saturated carbocycles. The van der Waals surface area contributed by atoms with Gasteiger partial charge in [0.05, 0.1) is 6.04 Å². The quantitative estimate of drug-likeness (QED) is 0.702. The lowest BCUT2D eigenvalue weighted by Crippen LogP contribution is -2.34. The van der Waals surface area contributed by atoms with Crippen molar-refractivity contribution < 1.29 is 9.47 Å². The van der Waals surface area contributed by atoms with E-state index in [4.69, 9.17) is 15.2 Å². The minimum Gasteiger partial charge on any atom is -0.398 e. The Hall–Kier alpha value is -1.17. The molecule has 0 amide bonds. The maximum Gasteiger partial charge on any atom is 0.176 e. The fourth-order valence-corrected chi connectivity index (χ4v) is 1.68. The summed E-state index contributed by atoms with van der Waals surface area (Å²) in [6, 6.07) is 1.65. The molecular weight excluding hydrogens is 218 g/mol. The summed E-state index contributed by atoms with van der Waals surface area (Å²) in [6.45, 7) is 5.04. The van der Waals surface area contributed by atoms with E-state index < -0.39 is 0 Å². The van der Waals surface area contributed by atoms with Crippen molar-refractivity contribution in [1.29, 1.82) is 0 Å². The third kappa shape index (κ3) is 3.66. The molecule has 1 heterocycles. The van der Waals surface area contributed by atoms with Gasteiger partial charge >= 0.3 is 0 Å². The molecule has 0 aliphatic heterocycles. The van der Waals surface area contributed by atoms with Crippen molar-refractivity contribution in [3.63, 3.8) is 0 Å². The van der Waals surface area contributed by atoms with Crippen LogP contribution in [0.4, 0.5) is 5.69 Å². The summed E-state index contributed by atoms with van der Waals surface area (Å²) in [7, 11) is 1.85. The molecule has 0 fully saturated rings. The average Bonchev–Trinajstić information content (AvgIpc) is 2.33. The molecule has 0 saturated heterocycles. The van der Waals surface area contributed by atoms with Crippen LogP contribution in [0.5, 0.6) is 0 Å². The maximum absolute atomic E-state index is 5.94. The van der Waals surface area contributed by atoms with Crippen LogP contribution < -0.4 is 11.1 Å². The summed E-state index contributed by atoms with van der Waals surface area (Å²) in [5.74, 6) is 0. The standard InChI is InChI=1S/C12H21N3O2/c1-4-16-12(17-5-2)11(14-3)9-8-15-7-6-10(9)13/h6-8,11-12,14H,4-5H2,1-3H3,(H2,13,15). The van der Waals surface area contributed by atoms with E-state index >= 15 is 0 Å². The van der Waals surface area contributed by atoms with Gasteiger partial charge in [-0.25, -0.2) is 0 Å². The smallest absolute Gasteiger partial charge is 0.176 e. The van der Waals surface area contributed by atoms with Crippen LogP contribution in [0.25, 0.3) is 0 Å². The maximum atomic E-state index is 5.94. The van der Waals surface area contributed by atoms with E-state index in [1.807, 2.05) is 20.9 Å². The molecule has 0 aromatic carbocycles. The Morgan fingerprint density at radius 2 is 2.00 bits per heavy atom. The molecule has 1 aromatic heterocycles. The predicted molar refractivity (Wildman–Crippen MR) is 67.5 cm³/mol. The van der Waals surface area contributed by atoms with Gasteiger partial charge in [0.25, 0.3) is 0 Å². The van der Waals surface area contributed by atoms with Crippen LogP contribution in [0.1, 0.15) is 25.5 Å². The normalized spacial score (nSPS) is 12.9. The first-order valence-corrected chi connectivity index (χ1v) is 5.84. The van der Waals surface area contributed by atoms with E-state index in [9.17, 15) is 0 Å². The SMILES string of the molecule is CCOC(OCC)C(NC)c1cnccc1N. The zero-order valence-corrected chi connectivity index (χ0v) is 10.6. The highest BCUT2D eigenvalue weighted by atomic mass is 16.7. The van der Waals surface area contributed by atoms with Gasteiger partial charge in [-0.05, 0) is 27.0 Å². The van der Waals surface area contributed by atoms with Crippen LogP contribution in [-0.4, -0.2) is 31.5 Å². The molecule has 1 rings (SSSR count). The Morgan fingerprint density at radius 1 is 1.35 bits per heavy atom. The molecule has 5 heteroatoms. The first-order chi connectivity index (χ1) is 8.24. The fourth-order valence-electron chi connectivity index (χ4n) is 1.68. The lowest BCUT2D eigenvalue weighted by atomic mass is 10.1. The van der Waals surface area contributed by atoms with Crippen LogP contribution in [0.2, 0.25) is 0 Å². The van der Waals surface area contributed by atoms with Gasteiger partial charge in [0.1, 0.15) is 0 Å². The van der Waals surface area contributed by atoms with E-state index in [1.54, 1.807) is 18.5 Å². The number of nitrogens with two attached hydrogens (primary N) is 1. The number of anilines is 1. The van der Waals surface area contributed by atoms with Crippen molar-refractivity contribution >= 4 is 5.69 Å². The summed E-state index contributed by atoms with van der Waals surface area (Å²) in [4.78, 5) is 4.09. The highest BCUT2D eigenvalue weighted by molar-refractivity contribution is 5.46. The largest absolute Gasteiger partial charge is 0.398 e. The van der Waals surface area contributed by atoms with Gasteiger partial charge in [-0.15, -0.1) is 0 Å². The van der Waals surface area contributed by atoms with Crippen LogP contribution >= 0.6 is 0 Å². The van der Waals surface area contributed by atoms with Gasteiger partial charge in [0.2, 0.25) is 0 Å². The number of nitrogens with one attached hydrogen (secondary N) is 1. The number of likely N-dealkylation sites (N-methyl/N-ethyl adjacent to an activating group) is 1. The Bertz CT molecular complexity index is 327. The van der Waals surface area contributed by atoms with E-state index in [1.165, 1.54) is 0 Å². The molecule has 0 radical (unpaired) electrons. The Morgan fingerprint density at radius 3 is 2.47 bits per heavy atom. The number of aromatic nitrogens is 1. The highest BCUT2D eigenvalue weighted by Gasteiger charge is 2.24. The topological polar surface area (TPSA) is 69.4 Å². The van der Waals surface area contributed by atoms with Crippen LogP contribution in [0, 0.1) is 0 Å².